The molecule has 0 aliphatic heterocycles. The lowest BCUT2D eigenvalue weighted by Gasteiger charge is -2.19. The number of hydrogen-bond acceptors (Lipinski definition) is 4. The molecule has 3 rings (SSSR count). The van der Waals surface area contributed by atoms with Gasteiger partial charge in [-0.1, -0.05) is 32.9 Å². The highest BCUT2D eigenvalue weighted by Gasteiger charge is 2.14. The first kappa shape index (κ1) is 18.6. The van der Waals surface area contributed by atoms with Crippen molar-refractivity contribution in [1.29, 1.82) is 0 Å². The van der Waals surface area contributed by atoms with Crippen LogP contribution in [0.4, 0.5) is 5.69 Å². The summed E-state index contributed by atoms with van der Waals surface area (Å²) in [6.07, 6.45) is 3.28. The van der Waals surface area contributed by atoms with Gasteiger partial charge in [-0.05, 0) is 48.2 Å². The van der Waals surface area contributed by atoms with Crippen molar-refractivity contribution in [2.75, 3.05) is 5.32 Å². The summed E-state index contributed by atoms with van der Waals surface area (Å²) in [4.78, 5) is 20.8. The summed E-state index contributed by atoms with van der Waals surface area (Å²) in [5.74, 6) is 0.924. The van der Waals surface area contributed by atoms with Crippen molar-refractivity contribution in [3.8, 4) is 11.6 Å². The number of nitrogens with one attached hydrogen (secondary N) is 1. The molecule has 0 fully saturated rings. The number of nitrogens with zero attached hydrogens (tertiary/aromatic N) is 2. The summed E-state index contributed by atoms with van der Waals surface area (Å²) in [7, 11) is 0. The molecule has 3 aromatic rings. The Morgan fingerprint density at radius 3 is 2.33 bits per heavy atom. The molecule has 1 aromatic carbocycles. The van der Waals surface area contributed by atoms with Gasteiger partial charge in [0.15, 0.2) is 5.75 Å². The highest BCUT2D eigenvalue weighted by Crippen LogP contribution is 2.24. The van der Waals surface area contributed by atoms with E-state index in [0.717, 1.165) is 5.69 Å². The number of carbonyl (C=O) groups is 1. The van der Waals surface area contributed by atoms with Crippen molar-refractivity contribution < 1.29 is 9.53 Å². The van der Waals surface area contributed by atoms with Crippen LogP contribution in [0.1, 0.15) is 42.4 Å². The fraction of sp³-hybridized carbons (Fsp3) is 0.227. The molecule has 1 amide bonds. The van der Waals surface area contributed by atoms with Crippen LogP contribution in [0.3, 0.4) is 0 Å². The smallest absolute Gasteiger partial charge is 0.255 e. The van der Waals surface area contributed by atoms with Gasteiger partial charge in [-0.3, -0.25) is 9.78 Å². The molecular formula is C22H23N3O2. The zero-order valence-corrected chi connectivity index (χ0v) is 16.0. The van der Waals surface area contributed by atoms with Crippen LogP contribution in [0.5, 0.6) is 11.6 Å². The van der Waals surface area contributed by atoms with Gasteiger partial charge in [0.25, 0.3) is 5.91 Å². The quantitative estimate of drug-likeness (QED) is 0.700. The highest BCUT2D eigenvalue weighted by atomic mass is 16.5. The molecule has 5 heteroatoms. The van der Waals surface area contributed by atoms with Gasteiger partial charge < -0.3 is 10.1 Å². The molecule has 0 radical (unpaired) electrons. The SMILES string of the molecule is Cc1ncccc1Oc1ccc(NC(=O)c2ccc(C(C)(C)C)cc2)cn1. The summed E-state index contributed by atoms with van der Waals surface area (Å²) < 4.78 is 5.71. The maximum atomic E-state index is 12.4. The Bertz CT molecular complexity index is 927. The van der Waals surface area contributed by atoms with E-state index in [2.05, 4.69) is 36.1 Å². The van der Waals surface area contributed by atoms with E-state index in [1.165, 1.54) is 5.56 Å². The molecule has 0 unspecified atom stereocenters. The van der Waals surface area contributed by atoms with Crippen molar-refractivity contribution >= 4 is 11.6 Å². The molecule has 1 N–H and O–H groups in total. The summed E-state index contributed by atoms with van der Waals surface area (Å²) in [5, 5.41) is 2.85. The number of ether oxygens (including phenoxy) is 1. The number of hydrogen-bond donors (Lipinski definition) is 1. The van der Waals surface area contributed by atoms with Crippen LogP contribution in [0.25, 0.3) is 0 Å². The van der Waals surface area contributed by atoms with Gasteiger partial charge >= 0.3 is 0 Å². The Morgan fingerprint density at radius 1 is 1.00 bits per heavy atom. The van der Waals surface area contributed by atoms with Gasteiger partial charge in [-0.15, -0.1) is 0 Å². The standard InChI is InChI=1S/C22H23N3O2/c1-15-19(6-5-13-23-15)27-20-12-11-18(14-24-20)25-21(26)16-7-9-17(10-8-16)22(2,3)4/h5-14H,1-4H3,(H,25,26). The lowest BCUT2D eigenvalue weighted by atomic mass is 9.87. The van der Waals surface area contributed by atoms with Crippen LogP contribution in [0.2, 0.25) is 0 Å². The van der Waals surface area contributed by atoms with E-state index < -0.39 is 0 Å². The largest absolute Gasteiger partial charge is 0.437 e. The van der Waals surface area contributed by atoms with Crippen molar-refractivity contribution in [2.24, 2.45) is 0 Å². The molecule has 0 saturated carbocycles. The molecular weight excluding hydrogens is 338 g/mol. The molecule has 0 atom stereocenters. The predicted octanol–water partition coefficient (Wildman–Crippen LogP) is 5.13. The predicted molar refractivity (Wildman–Crippen MR) is 106 cm³/mol. The minimum Gasteiger partial charge on any atom is -0.437 e. The molecule has 138 valence electrons. The zero-order chi connectivity index (χ0) is 19.4. The number of amides is 1. The number of rotatable bonds is 4. The number of benzene rings is 1. The monoisotopic (exact) mass is 361 g/mol. The lowest BCUT2D eigenvalue weighted by molar-refractivity contribution is 0.102. The van der Waals surface area contributed by atoms with E-state index in [1.54, 1.807) is 24.5 Å². The van der Waals surface area contributed by atoms with Crippen LogP contribution in [-0.2, 0) is 5.41 Å². The van der Waals surface area contributed by atoms with E-state index in [4.69, 9.17) is 4.74 Å². The number of aryl methyl sites for hydroxylation is 1. The Kier molecular flexibility index (Phi) is 5.21. The Morgan fingerprint density at radius 2 is 1.74 bits per heavy atom. The third-order valence-electron chi connectivity index (χ3n) is 4.18. The minimum absolute atomic E-state index is 0.0569. The first-order valence-electron chi connectivity index (χ1n) is 8.80. The van der Waals surface area contributed by atoms with Crippen molar-refractivity contribution in [3.63, 3.8) is 0 Å². The number of carbonyl (C=O) groups excluding carboxylic acids is 1. The Hall–Kier alpha value is -3.21. The lowest BCUT2D eigenvalue weighted by Crippen LogP contribution is -2.14. The average molecular weight is 361 g/mol. The molecule has 0 aliphatic carbocycles. The third-order valence-corrected chi connectivity index (χ3v) is 4.18. The van der Waals surface area contributed by atoms with E-state index in [0.29, 0.717) is 22.9 Å². The molecule has 2 aromatic heterocycles. The van der Waals surface area contributed by atoms with E-state index in [1.807, 2.05) is 43.3 Å². The number of aromatic nitrogens is 2. The summed E-state index contributed by atoms with van der Waals surface area (Å²) in [6, 6.07) is 14.8. The van der Waals surface area contributed by atoms with Gasteiger partial charge in [0.2, 0.25) is 5.88 Å². The highest BCUT2D eigenvalue weighted by molar-refractivity contribution is 6.04. The van der Waals surface area contributed by atoms with Gasteiger partial charge in [0.05, 0.1) is 17.6 Å². The van der Waals surface area contributed by atoms with Crippen LogP contribution in [0.15, 0.2) is 60.9 Å². The third kappa shape index (κ3) is 4.70. The zero-order valence-electron chi connectivity index (χ0n) is 16.0. The molecule has 0 saturated heterocycles. The van der Waals surface area contributed by atoms with E-state index in [-0.39, 0.29) is 11.3 Å². The van der Waals surface area contributed by atoms with Gasteiger partial charge in [0, 0.05) is 17.8 Å². The molecule has 2 heterocycles. The fourth-order valence-corrected chi connectivity index (χ4v) is 2.53. The van der Waals surface area contributed by atoms with Gasteiger partial charge in [-0.25, -0.2) is 4.98 Å². The van der Waals surface area contributed by atoms with Crippen molar-refractivity contribution in [2.45, 2.75) is 33.1 Å². The molecule has 0 spiro atoms. The normalized spacial score (nSPS) is 11.1. The number of pyridine rings is 2. The van der Waals surface area contributed by atoms with Crippen molar-refractivity contribution in [3.05, 3.63) is 77.7 Å². The maximum absolute atomic E-state index is 12.4. The van der Waals surface area contributed by atoms with Crippen LogP contribution >= 0.6 is 0 Å². The van der Waals surface area contributed by atoms with E-state index in [9.17, 15) is 4.79 Å². The van der Waals surface area contributed by atoms with Gasteiger partial charge in [0.1, 0.15) is 0 Å². The summed E-state index contributed by atoms with van der Waals surface area (Å²) in [6.45, 7) is 8.30. The van der Waals surface area contributed by atoms with Gasteiger partial charge in [-0.2, -0.15) is 0 Å². The van der Waals surface area contributed by atoms with Crippen LogP contribution in [-0.4, -0.2) is 15.9 Å². The van der Waals surface area contributed by atoms with E-state index >= 15 is 0 Å². The topological polar surface area (TPSA) is 64.1 Å². The maximum Gasteiger partial charge on any atom is 0.255 e. The minimum atomic E-state index is -0.172. The second kappa shape index (κ2) is 7.58. The Balaban J connectivity index is 1.66. The van der Waals surface area contributed by atoms with Crippen LogP contribution < -0.4 is 10.1 Å². The van der Waals surface area contributed by atoms with Crippen molar-refractivity contribution in [1.82, 2.24) is 9.97 Å². The second-order valence-electron chi connectivity index (χ2n) is 7.36. The fourth-order valence-electron chi connectivity index (χ4n) is 2.53. The summed E-state index contributed by atoms with van der Waals surface area (Å²) in [5.41, 5.74) is 3.24. The number of anilines is 1. The first-order chi connectivity index (χ1) is 12.8. The molecule has 0 bridgehead atoms. The Labute approximate surface area is 159 Å². The molecule has 5 nitrogen and oxygen atoms in total. The first-order valence-corrected chi connectivity index (χ1v) is 8.80. The van der Waals surface area contributed by atoms with Crippen LogP contribution in [0, 0.1) is 6.92 Å². The summed E-state index contributed by atoms with van der Waals surface area (Å²) >= 11 is 0. The second-order valence-corrected chi connectivity index (χ2v) is 7.36. The molecule has 27 heavy (non-hydrogen) atoms. The molecule has 0 aliphatic rings. The average Bonchev–Trinajstić information content (AvgIpc) is 2.64.